The molecule has 0 bridgehead atoms. The number of aryl methyl sites for hydroxylation is 1. The van der Waals surface area contributed by atoms with E-state index < -0.39 is 33.1 Å². The Kier molecular flexibility index (Phi) is 8.23. The number of carbonyl (C=O) groups excluding carboxylic acids is 2. The van der Waals surface area contributed by atoms with Gasteiger partial charge in [-0.3, -0.25) is 14.6 Å². The Morgan fingerprint density at radius 2 is 1.82 bits per heavy atom. The van der Waals surface area contributed by atoms with E-state index in [2.05, 4.69) is 5.32 Å². The molecule has 1 aromatic carbocycles. The van der Waals surface area contributed by atoms with Gasteiger partial charge in [0.25, 0.3) is 5.91 Å². The molecule has 1 saturated carbocycles. The third-order valence-corrected chi connectivity index (χ3v) is 9.77. The molecule has 0 unspecified atom stereocenters. The number of hydrogen-bond acceptors (Lipinski definition) is 5. The Morgan fingerprint density at radius 1 is 1.16 bits per heavy atom. The average molecular weight is 557 g/mol. The second-order valence-electron chi connectivity index (χ2n) is 10.7. The van der Waals surface area contributed by atoms with Crippen LogP contribution >= 0.6 is 0 Å². The molecule has 2 amide bonds. The van der Waals surface area contributed by atoms with E-state index in [0.29, 0.717) is 0 Å². The number of sulfonamides is 1. The summed E-state index contributed by atoms with van der Waals surface area (Å²) in [5.41, 5.74) is -1.80. The van der Waals surface area contributed by atoms with Crippen LogP contribution in [0.1, 0.15) is 61.6 Å². The molecule has 3 aliphatic rings. The maximum atomic E-state index is 13.8. The first kappa shape index (κ1) is 28.5. The van der Waals surface area contributed by atoms with E-state index >= 15 is 0 Å². The highest BCUT2D eigenvalue weighted by atomic mass is 32.2. The van der Waals surface area contributed by atoms with Crippen LogP contribution < -0.4 is 5.32 Å². The number of nitrogens with one attached hydrogen (secondary N) is 1. The van der Waals surface area contributed by atoms with Crippen LogP contribution in [-0.4, -0.2) is 73.7 Å². The third-order valence-electron chi connectivity index (χ3n) is 7.90. The Hall–Kier alpha value is -2.47. The van der Waals surface area contributed by atoms with E-state index in [9.17, 15) is 31.2 Å². The van der Waals surface area contributed by atoms with Gasteiger partial charge in [-0.25, -0.2) is 12.7 Å². The van der Waals surface area contributed by atoms with Gasteiger partial charge in [0.1, 0.15) is 11.4 Å². The molecule has 1 N–H and O–H groups in total. The van der Waals surface area contributed by atoms with Crippen LogP contribution in [0, 0.1) is 5.92 Å². The van der Waals surface area contributed by atoms with Crippen LogP contribution in [0.25, 0.3) is 0 Å². The van der Waals surface area contributed by atoms with Crippen molar-refractivity contribution in [1.29, 1.82) is 0 Å². The number of halogens is 3. The molecule has 0 aromatic heterocycles. The zero-order valence-electron chi connectivity index (χ0n) is 21.8. The lowest BCUT2D eigenvalue weighted by Crippen LogP contribution is -2.51. The lowest BCUT2D eigenvalue weighted by atomic mass is 9.88. The Bertz CT molecular complexity index is 1200. The van der Waals surface area contributed by atoms with Crippen molar-refractivity contribution in [2.24, 2.45) is 10.9 Å². The molecule has 1 aromatic rings. The molecule has 0 radical (unpaired) electrons. The summed E-state index contributed by atoms with van der Waals surface area (Å²) in [6.07, 6.45) is 0.682. The van der Waals surface area contributed by atoms with E-state index in [1.165, 1.54) is 41.9 Å². The lowest BCUT2D eigenvalue weighted by Gasteiger charge is -2.34. The summed E-state index contributed by atoms with van der Waals surface area (Å²) in [4.78, 5) is 30.8. The molecule has 2 aliphatic heterocycles. The van der Waals surface area contributed by atoms with Gasteiger partial charge in [0, 0.05) is 33.1 Å². The molecular formula is C26H35F3N4O4S. The van der Waals surface area contributed by atoms with Crippen molar-refractivity contribution in [2.45, 2.75) is 69.5 Å². The highest BCUT2D eigenvalue weighted by molar-refractivity contribution is 7.89. The first-order chi connectivity index (χ1) is 17.8. The molecule has 38 heavy (non-hydrogen) atoms. The van der Waals surface area contributed by atoms with Crippen LogP contribution in [0.5, 0.6) is 0 Å². The fourth-order valence-electron chi connectivity index (χ4n) is 5.50. The summed E-state index contributed by atoms with van der Waals surface area (Å²) >= 11 is 0. The van der Waals surface area contributed by atoms with Gasteiger partial charge >= 0.3 is 6.18 Å². The molecule has 1 spiro atoms. The van der Waals surface area contributed by atoms with Gasteiger partial charge in [0.2, 0.25) is 15.9 Å². The van der Waals surface area contributed by atoms with E-state index in [-0.39, 0.29) is 67.6 Å². The van der Waals surface area contributed by atoms with Gasteiger partial charge in [-0.15, -0.1) is 0 Å². The summed E-state index contributed by atoms with van der Waals surface area (Å²) in [5, 5.41) is 2.94. The first-order valence-corrected chi connectivity index (χ1v) is 14.7. The minimum absolute atomic E-state index is 0.0922. The molecule has 0 atom stereocenters. The normalized spacial score (nSPS) is 20.9. The van der Waals surface area contributed by atoms with Gasteiger partial charge in [-0.1, -0.05) is 31.4 Å². The second kappa shape index (κ2) is 11.0. The van der Waals surface area contributed by atoms with Gasteiger partial charge in [0.15, 0.2) is 0 Å². The lowest BCUT2D eigenvalue weighted by molar-refractivity contribution is -0.138. The maximum Gasteiger partial charge on any atom is 0.416 e. The Morgan fingerprint density at radius 3 is 2.42 bits per heavy atom. The molecule has 2 fully saturated rings. The minimum atomic E-state index is -4.68. The molecule has 4 rings (SSSR count). The van der Waals surface area contributed by atoms with Gasteiger partial charge in [0.05, 0.1) is 17.7 Å². The van der Waals surface area contributed by atoms with Crippen LogP contribution in [-0.2, 0) is 38.6 Å². The number of amidine groups is 1. The van der Waals surface area contributed by atoms with Crippen LogP contribution in [0.2, 0.25) is 0 Å². The van der Waals surface area contributed by atoms with Crippen LogP contribution in [0.3, 0.4) is 0 Å². The largest absolute Gasteiger partial charge is 0.416 e. The maximum absolute atomic E-state index is 13.8. The topological polar surface area (TPSA) is 99.2 Å². The van der Waals surface area contributed by atoms with Crippen molar-refractivity contribution < 1.29 is 31.2 Å². The smallest absolute Gasteiger partial charge is 0.349 e. The first-order valence-electron chi connectivity index (χ1n) is 13.1. The zero-order chi connectivity index (χ0) is 27.7. The quantitative estimate of drug-likeness (QED) is 0.558. The van der Waals surface area contributed by atoms with Crippen molar-refractivity contribution in [3.05, 3.63) is 34.9 Å². The fourth-order valence-corrected chi connectivity index (χ4v) is 6.98. The molecular weight excluding hydrogens is 521 g/mol. The van der Waals surface area contributed by atoms with Crippen molar-refractivity contribution in [3.8, 4) is 0 Å². The summed E-state index contributed by atoms with van der Waals surface area (Å²) in [5.74, 6) is -0.0345. The predicted molar refractivity (Wildman–Crippen MR) is 137 cm³/mol. The van der Waals surface area contributed by atoms with Crippen molar-refractivity contribution in [2.75, 3.05) is 32.9 Å². The van der Waals surface area contributed by atoms with Crippen molar-refractivity contribution in [1.82, 2.24) is 14.5 Å². The Balaban J connectivity index is 1.41. The number of likely N-dealkylation sites (N-methyl/N-ethyl adjacent to an activating group) is 1. The molecule has 12 heteroatoms. The monoisotopic (exact) mass is 556 g/mol. The van der Waals surface area contributed by atoms with Crippen LogP contribution in [0.15, 0.2) is 23.2 Å². The number of benzene rings is 1. The number of aliphatic imine (C=N–C) groups is 1. The molecule has 210 valence electrons. The number of hydrogen-bond donors (Lipinski definition) is 1. The molecule has 1 saturated heterocycles. The average Bonchev–Trinajstić information content (AvgIpc) is 3.18. The number of amides is 2. The highest BCUT2D eigenvalue weighted by Crippen LogP contribution is 2.36. The third kappa shape index (κ3) is 6.22. The number of piperidine rings is 1. The SMILES string of the molecule is CN(C)C(=O)Cc1ccc(CCS(=O)(=O)N2CCC3(CC2)N=C(C2CCCCC2)NC3=O)c(C(F)(F)F)c1. The number of alkyl halides is 3. The van der Waals surface area contributed by atoms with Crippen molar-refractivity contribution in [3.63, 3.8) is 0 Å². The van der Waals surface area contributed by atoms with E-state index in [0.717, 1.165) is 37.6 Å². The summed E-state index contributed by atoms with van der Waals surface area (Å²) < 4.78 is 68.7. The number of nitrogens with zero attached hydrogens (tertiary/aromatic N) is 3. The van der Waals surface area contributed by atoms with Gasteiger partial charge in [-0.2, -0.15) is 13.2 Å². The highest BCUT2D eigenvalue weighted by Gasteiger charge is 2.48. The number of carbonyl (C=O) groups is 2. The summed E-state index contributed by atoms with van der Waals surface area (Å²) in [6.45, 7) is 0.184. The number of rotatable bonds is 7. The molecule has 8 nitrogen and oxygen atoms in total. The predicted octanol–water partition coefficient (Wildman–Crippen LogP) is 3.15. The summed E-state index contributed by atoms with van der Waals surface area (Å²) in [6, 6.07) is 3.62. The standard InChI is InChI=1S/C26H35F3N4O4S/c1-32(2)22(34)17-18-8-9-19(21(16-18)26(27,28)29)10-15-38(36,37)33-13-11-25(12-14-33)24(35)30-23(31-25)20-6-4-3-5-7-20/h8-9,16,20H,3-7,10-15,17H2,1-2H3,(H,30,31,35). The van der Waals surface area contributed by atoms with Gasteiger partial charge < -0.3 is 10.2 Å². The van der Waals surface area contributed by atoms with Crippen molar-refractivity contribution >= 4 is 27.7 Å². The molecule has 1 aliphatic carbocycles. The second-order valence-corrected chi connectivity index (χ2v) is 12.8. The van der Waals surface area contributed by atoms with E-state index in [4.69, 9.17) is 4.99 Å². The van der Waals surface area contributed by atoms with E-state index in [1.54, 1.807) is 0 Å². The summed E-state index contributed by atoms with van der Waals surface area (Å²) in [7, 11) is -0.810. The molecule has 2 heterocycles. The van der Waals surface area contributed by atoms with Crippen LogP contribution in [0.4, 0.5) is 13.2 Å². The van der Waals surface area contributed by atoms with E-state index in [1.807, 2.05) is 0 Å². The minimum Gasteiger partial charge on any atom is -0.349 e. The van der Waals surface area contributed by atoms with Gasteiger partial charge in [-0.05, 0) is 49.3 Å². The fraction of sp³-hybridized carbons (Fsp3) is 0.654. The Labute approximate surface area is 221 Å². The zero-order valence-corrected chi connectivity index (χ0v) is 22.6.